The van der Waals surface area contributed by atoms with E-state index in [0.717, 1.165) is 23.3 Å². The standard InChI is InChI=1S/C24H24N2O3/c1-2-19-11-13-22(14-12-19)29-18-24(27)26-25-16-21-9-6-10-23(15-21)28-17-20-7-4-3-5-8-20/h3-16H,2,17-18H2,1H3,(H,26,27)/b25-16+. The fraction of sp³-hybridized carbons (Fsp3) is 0.167. The van der Waals surface area contributed by atoms with Crippen LogP contribution < -0.4 is 14.9 Å². The van der Waals surface area contributed by atoms with E-state index in [9.17, 15) is 4.79 Å². The summed E-state index contributed by atoms with van der Waals surface area (Å²) in [6.07, 6.45) is 2.54. The van der Waals surface area contributed by atoms with Crippen molar-refractivity contribution in [3.05, 3.63) is 95.6 Å². The van der Waals surface area contributed by atoms with Crippen LogP contribution in [-0.4, -0.2) is 18.7 Å². The maximum Gasteiger partial charge on any atom is 0.277 e. The lowest BCUT2D eigenvalue weighted by molar-refractivity contribution is -0.123. The van der Waals surface area contributed by atoms with E-state index in [2.05, 4.69) is 17.5 Å². The van der Waals surface area contributed by atoms with Crippen LogP contribution in [0.3, 0.4) is 0 Å². The number of aryl methyl sites for hydroxylation is 1. The summed E-state index contributed by atoms with van der Waals surface area (Å²) >= 11 is 0. The van der Waals surface area contributed by atoms with E-state index >= 15 is 0 Å². The van der Waals surface area contributed by atoms with Gasteiger partial charge in [0.25, 0.3) is 5.91 Å². The largest absolute Gasteiger partial charge is 0.489 e. The van der Waals surface area contributed by atoms with Gasteiger partial charge in [-0.25, -0.2) is 5.43 Å². The number of carbonyl (C=O) groups is 1. The molecule has 3 rings (SSSR count). The molecular formula is C24H24N2O3. The molecule has 0 radical (unpaired) electrons. The van der Waals surface area contributed by atoms with E-state index in [-0.39, 0.29) is 12.5 Å². The molecule has 0 aliphatic carbocycles. The molecule has 5 nitrogen and oxygen atoms in total. The zero-order valence-electron chi connectivity index (χ0n) is 16.4. The summed E-state index contributed by atoms with van der Waals surface area (Å²) in [6, 6.07) is 25.2. The highest BCUT2D eigenvalue weighted by molar-refractivity contribution is 5.83. The third-order valence-corrected chi connectivity index (χ3v) is 4.21. The number of nitrogens with one attached hydrogen (secondary N) is 1. The predicted molar refractivity (Wildman–Crippen MR) is 114 cm³/mol. The second-order valence-electron chi connectivity index (χ2n) is 6.43. The number of ether oxygens (including phenoxy) is 2. The van der Waals surface area contributed by atoms with Gasteiger partial charge in [0, 0.05) is 0 Å². The van der Waals surface area contributed by atoms with E-state index in [0.29, 0.717) is 12.4 Å². The lowest BCUT2D eigenvalue weighted by atomic mass is 10.2. The quantitative estimate of drug-likeness (QED) is 0.438. The van der Waals surface area contributed by atoms with Crippen molar-refractivity contribution in [1.29, 1.82) is 0 Å². The number of hydrogen-bond donors (Lipinski definition) is 1. The second kappa shape index (κ2) is 10.7. The van der Waals surface area contributed by atoms with Crippen molar-refractivity contribution in [3.8, 4) is 11.5 Å². The number of hydrazone groups is 1. The maximum absolute atomic E-state index is 11.9. The van der Waals surface area contributed by atoms with Crippen molar-refractivity contribution in [3.63, 3.8) is 0 Å². The molecular weight excluding hydrogens is 364 g/mol. The van der Waals surface area contributed by atoms with Crippen molar-refractivity contribution < 1.29 is 14.3 Å². The Morgan fingerprint density at radius 2 is 1.69 bits per heavy atom. The van der Waals surface area contributed by atoms with Gasteiger partial charge in [-0.3, -0.25) is 4.79 Å². The summed E-state index contributed by atoms with van der Waals surface area (Å²) in [7, 11) is 0. The van der Waals surface area contributed by atoms with Gasteiger partial charge in [0.1, 0.15) is 18.1 Å². The molecule has 148 valence electrons. The van der Waals surface area contributed by atoms with Gasteiger partial charge in [0.05, 0.1) is 6.21 Å². The lowest BCUT2D eigenvalue weighted by Crippen LogP contribution is -2.24. The molecule has 0 saturated heterocycles. The fourth-order valence-electron chi connectivity index (χ4n) is 2.61. The number of amides is 1. The van der Waals surface area contributed by atoms with Crippen LogP contribution in [0.15, 0.2) is 84.0 Å². The minimum Gasteiger partial charge on any atom is -0.489 e. The van der Waals surface area contributed by atoms with E-state index in [4.69, 9.17) is 9.47 Å². The first kappa shape index (κ1) is 20.1. The maximum atomic E-state index is 11.9. The van der Waals surface area contributed by atoms with E-state index in [1.54, 1.807) is 6.21 Å². The first-order valence-corrected chi connectivity index (χ1v) is 9.53. The SMILES string of the molecule is CCc1ccc(OCC(=O)N/N=C/c2cccc(OCc3ccccc3)c2)cc1. The number of nitrogens with zero attached hydrogens (tertiary/aromatic N) is 1. The van der Waals surface area contributed by atoms with Crippen LogP contribution in [0.1, 0.15) is 23.6 Å². The topological polar surface area (TPSA) is 59.9 Å². The minimum atomic E-state index is -0.322. The zero-order chi connectivity index (χ0) is 20.3. The molecule has 0 atom stereocenters. The average molecular weight is 388 g/mol. The molecule has 0 saturated carbocycles. The molecule has 5 heteroatoms. The summed E-state index contributed by atoms with van der Waals surface area (Å²) in [4.78, 5) is 11.9. The van der Waals surface area contributed by atoms with Crippen LogP contribution in [-0.2, 0) is 17.8 Å². The molecule has 0 unspecified atom stereocenters. The molecule has 0 fully saturated rings. The molecule has 29 heavy (non-hydrogen) atoms. The Balaban J connectivity index is 1.44. The van der Waals surface area contributed by atoms with Crippen molar-refractivity contribution in [2.45, 2.75) is 20.0 Å². The zero-order valence-corrected chi connectivity index (χ0v) is 16.4. The average Bonchev–Trinajstić information content (AvgIpc) is 2.78. The minimum absolute atomic E-state index is 0.0942. The summed E-state index contributed by atoms with van der Waals surface area (Å²) in [6.45, 7) is 2.49. The Hall–Kier alpha value is -3.60. The van der Waals surface area contributed by atoms with Crippen LogP contribution in [0.2, 0.25) is 0 Å². The highest BCUT2D eigenvalue weighted by atomic mass is 16.5. The third kappa shape index (κ3) is 6.81. The van der Waals surface area contributed by atoms with Gasteiger partial charge in [-0.05, 0) is 47.4 Å². The molecule has 0 aliphatic heterocycles. The molecule has 0 aliphatic rings. The monoisotopic (exact) mass is 388 g/mol. The van der Waals surface area contributed by atoms with Gasteiger partial charge in [0.2, 0.25) is 0 Å². The number of benzene rings is 3. The van der Waals surface area contributed by atoms with Crippen molar-refractivity contribution in [2.75, 3.05) is 6.61 Å². The molecule has 1 amide bonds. The van der Waals surface area contributed by atoms with E-state index in [1.165, 1.54) is 5.56 Å². The summed E-state index contributed by atoms with van der Waals surface area (Å²) in [5.41, 5.74) is 5.62. The highest BCUT2D eigenvalue weighted by Crippen LogP contribution is 2.14. The Kier molecular flexibility index (Phi) is 7.41. The second-order valence-corrected chi connectivity index (χ2v) is 6.43. The lowest BCUT2D eigenvalue weighted by Gasteiger charge is -2.07. The Morgan fingerprint density at radius 3 is 2.45 bits per heavy atom. The van der Waals surface area contributed by atoms with Crippen LogP contribution in [0.25, 0.3) is 0 Å². The van der Waals surface area contributed by atoms with Gasteiger partial charge in [-0.15, -0.1) is 0 Å². The normalized spacial score (nSPS) is 10.7. The highest BCUT2D eigenvalue weighted by Gasteiger charge is 2.02. The molecule has 0 bridgehead atoms. The first-order valence-electron chi connectivity index (χ1n) is 9.53. The molecule has 0 heterocycles. The summed E-state index contributed by atoms with van der Waals surface area (Å²) < 4.78 is 11.3. The van der Waals surface area contributed by atoms with Gasteiger partial charge < -0.3 is 9.47 Å². The van der Waals surface area contributed by atoms with Crippen molar-refractivity contribution in [1.82, 2.24) is 5.43 Å². The molecule has 3 aromatic carbocycles. The predicted octanol–water partition coefficient (Wildman–Crippen LogP) is 4.36. The number of rotatable bonds is 9. The van der Waals surface area contributed by atoms with E-state index < -0.39 is 0 Å². The molecule has 0 aromatic heterocycles. The first-order chi connectivity index (χ1) is 14.2. The van der Waals surface area contributed by atoms with Gasteiger partial charge >= 0.3 is 0 Å². The Morgan fingerprint density at radius 1 is 0.897 bits per heavy atom. The fourth-order valence-corrected chi connectivity index (χ4v) is 2.61. The number of hydrogen-bond acceptors (Lipinski definition) is 4. The molecule has 1 N–H and O–H groups in total. The Bertz CT molecular complexity index is 938. The van der Waals surface area contributed by atoms with Crippen molar-refractivity contribution >= 4 is 12.1 Å². The van der Waals surface area contributed by atoms with Gasteiger partial charge in [-0.1, -0.05) is 61.5 Å². The Labute approximate surface area is 171 Å². The van der Waals surface area contributed by atoms with Crippen molar-refractivity contribution in [2.24, 2.45) is 5.10 Å². The third-order valence-electron chi connectivity index (χ3n) is 4.21. The van der Waals surface area contributed by atoms with Crippen LogP contribution in [0, 0.1) is 0 Å². The van der Waals surface area contributed by atoms with Crippen LogP contribution >= 0.6 is 0 Å². The summed E-state index contributed by atoms with van der Waals surface area (Å²) in [5.74, 6) is 1.07. The van der Waals surface area contributed by atoms with Gasteiger partial charge in [0.15, 0.2) is 6.61 Å². The summed E-state index contributed by atoms with van der Waals surface area (Å²) in [5, 5.41) is 3.98. The van der Waals surface area contributed by atoms with E-state index in [1.807, 2.05) is 78.9 Å². The molecule has 3 aromatic rings. The van der Waals surface area contributed by atoms with Crippen LogP contribution in [0.4, 0.5) is 0 Å². The smallest absolute Gasteiger partial charge is 0.277 e. The number of carbonyl (C=O) groups excluding carboxylic acids is 1. The van der Waals surface area contributed by atoms with Gasteiger partial charge in [-0.2, -0.15) is 5.10 Å². The molecule has 0 spiro atoms. The van der Waals surface area contributed by atoms with Crippen LogP contribution in [0.5, 0.6) is 11.5 Å².